The molecule has 1 heterocycles. The quantitative estimate of drug-likeness (QED) is 0.667. The predicted molar refractivity (Wildman–Crippen MR) is 70.2 cm³/mol. The van der Waals surface area contributed by atoms with Crippen molar-refractivity contribution in [2.24, 2.45) is 5.92 Å². The number of nitro groups is 1. The highest BCUT2D eigenvalue weighted by atomic mass is 19.2. The van der Waals surface area contributed by atoms with Crippen LogP contribution < -0.4 is 4.90 Å². The SMILES string of the molecule is O=C(O)CCC1CCN(c2c([N+](=O)[O-])ccc(F)c2F)C1. The Morgan fingerprint density at radius 3 is 2.81 bits per heavy atom. The Morgan fingerprint density at radius 1 is 1.48 bits per heavy atom. The van der Waals surface area contributed by atoms with Crippen molar-refractivity contribution in [2.75, 3.05) is 18.0 Å². The molecule has 1 N–H and O–H groups in total. The first-order valence-corrected chi connectivity index (χ1v) is 6.49. The van der Waals surface area contributed by atoms with Gasteiger partial charge in [-0.2, -0.15) is 0 Å². The molecule has 21 heavy (non-hydrogen) atoms. The van der Waals surface area contributed by atoms with Crippen LogP contribution >= 0.6 is 0 Å². The molecule has 0 saturated carbocycles. The summed E-state index contributed by atoms with van der Waals surface area (Å²) in [6.07, 6.45) is 1.00. The van der Waals surface area contributed by atoms with Gasteiger partial charge in [-0.3, -0.25) is 14.9 Å². The monoisotopic (exact) mass is 300 g/mol. The Hall–Kier alpha value is -2.25. The summed E-state index contributed by atoms with van der Waals surface area (Å²) in [7, 11) is 0. The van der Waals surface area contributed by atoms with Crippen molar-refractivity contribution < 1.29 is 23.6 Å². The smallest absolute Gasteiger partial charge is 0.303 e. The zero-order valence-corrected chi connectivity index (χ0v) is 11.1. The first-order chi connectivity index (χ1) is 9.90. The van der Waals surface area contributed by atoms with E-state index in [2.05, 4.69) is 0 Å². The Morgan fingerprint density at radius 2 is 2.19 bits per heavy atom. The van der Waals surface area contributed by atoms with Crippen molar-refractivity contribution in [3.05, 3.63) is 33.9 Å². The Labute approximate surface area is 119 Å². The standard InChI is InChI=1S/C13H14F2N2O4/c14-9-2-3-10(17(20)21)13(12(9)15)16-6-5-8(7-16)1-4-11(18)19/h2-3,8H,1,4-7H2,(H,18,19). The summed E-state index contributed by atoms with van der Waals surface area (Å²) in [4.78, 5) is 22.2. The minimum Gasteiger partial charge on any atom is -0.481 e. The Bertz CT molecular complexity index is 580. The van der Waals surface area contributed by atoms with Crippen LogP contribution in [0.4, 0.5) is 20.2 Å². The van der Waals surface area contributed by atoms with E-state index in [1.54, 1.807) is 0 Å². The second-order valence-electron chi connectivity index (χ2n) is 5.02. The maximum absolute atomic E-state index is 13.9. The van der Waals surface area contributed by atoms with E-state index >= 15 is 0 Å². The third-order valence-corrected chi connectivity index (χ3v) is 3.61. The molecular weight excluding hydrogens is 286 g/mol. The van der Waals surface area contributed by atoms with Crippen LogP contribution in [0.2, 0.25) is 0 Å². The number of nitro benzene ring substituents is 1. The van der Waals surface area contributed by atoms with E-state index < -0.39 is 28.2 Å². The van der Waals surface area contributed by atoms with Crippen LogP contribution in [-0.4, -0.2) is 29.1 Å². The topological polar surface area (TPSA) is 83.7 Å². The molecule has 1 aromatic carbocycles. The number of carboxylic acids is 1. The number of carbonyl (C=O) groups is 1. The van der Waals surface area contributed by atoms with Crippen LogP contribution in [0.5, 0.6) is 0 Å². The fraction of sp³-hybridized carbons (Fsp3) is 0.462. The number of benzene rings is 1. The van der Waals surface area contributed by atoms with Crippen molar-refractivity contribution in [1.29, 1.82) is 0 Å². The zero-order valence-electron chi connectivity index (χ0n) is 11.1. The molecule has 1 fully saturated rings. The highest BCUT2D eigenvalue weighted by Crippen LogP contribution is 2.36. The summed E-state index contributed by atoms with van der Waals surface area (Å²) >= 11 is 0. The molecule has 1 aliphatic heterocycles. The van der Waals surface area contributed by atoms with E-state index in [1.807, 2.05) is 0 Å². The maximum atomic E-state index is 13.9. The van der Waals surface area contributed by atoms with Gasteiger partial charge in [-0.05, 0) is 24.8 Å². The average molecular weight is 300 g/mol. The van der Waals surface area contributed by atoms with E-state index in [4.69, 9.17) is 5.11 Å². The van der Waals surface area contributed by atoms with Gasteiger partial charge in [0.1, 0.15) is 0 Å². The van der Waals surface area contributed by atoms with E-state index in [9.17, 15) is 23.7 Å². The molecule has 2 rings (SSSR count). The number of carboxylic acid groups (broad SMARTS) is 1. The van der Waals surface area contributed by atoms with Gasteiger partial charge in [0.2, 0.25) is 0 Å². The van der Waals surface area contributed by atoms with E-state index in [0.29, 0.717) is 19.4 Å². The molecule has 0 aliphatic carbocycles. The van der Waals surface area contributed by atoms with Crippen molar-refractivity contribution in [2.45, 2.75) is 19.3 Å². The van der Waals surface area contributed by atoms with Crippen molar-refractivity contribution in [3.63, 3.8) is 0 Å². The molecule has 1 atom stereocenters. The molecule has 0 amide bonds. The lowest BCUT2D eigenvalue weighted by Gasteiger charge is -2.19. The lowest BCUT2D eigenvalue weighted by Crippen LogP contribution is -2.22. The maximum Gasteiger partial charge on any atom is 0.303 e. The largest absolute Gasteiger partial charge is 0.481 e. The molecule has 1 saturated heterocycles. The molecule has 0 spiro atoms. The van der Waals surface area contributed by atoms with Crippen molar-refractivity contribution >= 4 is 17.3 Å². The number of anilines is 1. The van der Waals surface area contributed by atoms with Crippen LogP contribution in [0.3, 0.4) is 0 Å². The van der Waals surface area contributed by atoms with E-state index in [1.165, 1.54) is 4.90 Å². The first kappa shape index (κ1) is 15.1. The molecule has 0 bridgehead atoms. The minimum atomic E-state index is -1.23. The summed E-state index contributed by atoms with van der Waals surface area (Å²) in [6.45, 7) is 0.625. The molecule has 0 radical (unpaired) electrons. The van der Waals surface area contributed by atoms with Gasteiger partial charge < -0.3 is 10.0 Å². The number of hydrogen-bond acceptors (Lipinski definition) is 4. The molecular formula is C13H14F2N2O4. The Kier molecular flexibility index (Phi) is 4.35. The summed E-state index contributed by atoms with van der Waals surface area (Å²) in [5.41, 5.74) is -0.828. The third kappa shape index (κ3) is 3.26. The van der Waals surface area contributed by atoms with Gasteiger partial charge in [0.15, 0.2) is 17.3 Å². The predicted octanol–water partition coefficient (Wildman–Crippen LogP) is 2.56. The average Bonchev–Trinajstić information content (AvgIpc) is 2.87. The Balaban J connectivity index is 2.21. The fourth-order valence-electron chi connectivity index (χ4n) is 2.58. The highest BCUT2D eigenvalue weighted by Gasteiger charge is 2.31. The number of rotatable bonds is 5. The lowest BCUT2D eigenvalue weighted by molar-refractivity contribution is -0.384. The second kappa shape index (κ2) is 6.02. The van der Waals surface area contributed by atoms with Crippen molar-refractivity contribution in [1.82, 2.24) is 0 Å². The van der Waals surface area contributed by atoms with Crippen molar-refractivity contribution in [3.8, 4) is 0 Å². The van der Waals surface area contributed by atoms with Gasteiger partial charge in [-0.15, -0.1) is 0 Å². The molecule has 1 unspecified atom stereocenters. The molecule has 114 valence electrons. The van der Waals surface area contributed by atoms with Crippen LogP contribution in [0.15, 0.2) is 12.1 Å². The first-order valence-electron chi connectivity index (χ1n) is 6.49. The lowest BCUT2D eigenvalue weighted by atomic mass is 10.0. The number of halogens is 2. The fourth-order valence-corrected chi connectivity index (χ4v) is 2.58. The van der Waals surface area contributed by atoms with Gasteiger partial charge in [-0.25, -0.2) is 8.78 Å². The molecule has 1 aliphatic rings. The highest BCUT2D eigenvalue weighted by molar-refractivity contribution is 5.67. The van der Waals surface area contributed by atoms with Crippen LogP contribution in [-0.2, 0) is 4.79 Å². The van der Waals surface area contributed by atoms with Gasteiger partial charge in [-0.1, -0.05) is 0 Å². The van der Waals surface area contributed by atoms with Crippen LogP contribution in [0.25, 0.3) is 0 Å². The minimum absolute atomic E-state index is 0.00312. The van der Waals surface area contributed by atoms with E-state index in [-0.39, 0.29) is 24.6 Å². The van der Waals surface area contributed by atoms with Gasteiger partial charge in [0, 0.05) is 25.6 Å². The van der Waals surface area contributed by atoms with Gasteiger partial charge in [0.25, 0.3) is 5.69 Å². The molecule has 0 aromatic heterocycles. The second-order valence-corrected chi connectivity index (χ2v) is 5.02. The zero-order chi connectivity index (χ0) is 15.6. The number of aliphatic carboxylic acids is 1. The summed E-state index contributed by atoms with van der Waals surface area (Å²) in [6, 6.07) is 1.67. The van der Waals surface area contributed by atoms with Gasteiger partial charge >= 0.3 is 5.97 Å². The van der Waals surface area contributed by atoms with Gasteiger partial charge in [0.05, 0.1) is 4.92 Å². The third-order valence-electron chi connectivity index (χ3n) is 3.61. The summed E-state index contributed by atoms with van der Waals surface area (Å²) in [5, 5.41) is 19.6. The van der Waals surface area contributed by atoms with Crippen LogP contribution in [0, 0.1) is 27.7 Å². The molecule has 1 aromatic rings. The molecule has 6 nitrogen and oxygen atoms in total. The normalized spacial score (nSPS) is 18.0. The summed E-state index contributed by atoms with van der Waals surface area (Å²) in [5.74, 6) is -3.28. The van der Waals surface area contributed by atoms with Crippen LogP contribution in [0.1, 0.15) is 19.3 Å². The van der Waals surface area contributed by atoms with E-state index in [0.717, 1.165) is 12.1 Å². The number of hydrogen-bond donors (Lipinski definition) is 1. The molecule has 8 heteroatoms. The number of nitrogens with zero attached hydrogens (tertiary/aromatic N) is 2. The summed E-state index contributed by atoms with van der Waals surface area (Å²) < 4.78 is 27.2.